The van der Waals surface area contributed by atoms with Gasteiger partial charge in [0.15, 0.2) is 6.61 Å². The number of aromatic nitrogens is 3. The topological polar surface area (TPSA) is 63.5 Å². The van der Waals surface area contributed by atoms with Crippen molar-refractivity contribution in [3.63, 3.8) is 0 Å². The molecule has 2 aliphatic rings. The van der Waals surface area contributed by atoms with Gasteiger partial charge in [-0.2, -0.15) is 0 Å². The summed E-state index contributed by atoms with van der Waals surface area (Å²) >= 11 is 0. The lowest BCUT2D eigenvalue weighted by Crippen LogP contribution is -2.37. The summed E-state index contributed by atoms with van der Waals surface area (Å²) in [6.07, 6.45) is 3.00. The molecule has 0 spiro atoms. The predicted molar refractivity (Wildman–Crippen MR) is 102 cm³/mol. The zero-order valence-electron chi connectivity index (χ0n) is 15.9. The zero-order chi connectivity index (χ0) is 18.6. The van der Waals surface area contributed by atoms with Crippen molar-refractivity contribution in [1.29, 1.82) is 0 Å². The van der Waals surface area contributed by atoms with Gasteiger partial charge in [-0.25, -0.2) is 0 Å². The molecule has 0 radical (unpaired) electrons. The van der Waals surface area contributed by atoms with Crippen LogP contribution in [0.4, 0.5) is 0 Å². The van der Waals surface area contributed by atoms with Crippen LogP contribution in [-0.4, -0.2) is 70.3 Å². The highest BCUT2D eigenvalue weighted by Crippen LogP contribution is 2.27. The number of amides is 1. The van der Waals surface area contributed by atoms with Crippen molar-refractivity contribution in [2.24, 2.45) is 0 Å². The summed E-state index contributed by atoms with van der Waals surface area (Å²) in [5, 5.41) is 8.93. The quantitative estimate of drug-likeness (QED) is 0.818. The first-order chi connectivity index (χ1) is 13.2. The molecular formula is C20H27N5O2. The van der Waals surface area contributed by atoms with E-state index in [2.05, 4.69) is 26.7 Å². The fraction of sp³-hybridized carbons (Fsp3) is 0.550. The summed E-state index contributed by atoms with van der Waals surface area (Å²) in [5.74, 6) is 3.34. The number of rotatable bonds is 4. The van der Waals surface area contributed by atoms with Gasteiger partial charge in [-0.05, 0) is 45.1 Å². The molecule has 2 aliphatic heterocycles. The van der Waals surface area contributed by atoms with E-state index in [0.717, 1.165) is 56.3 Å². The van der Waals surface area contributed by atoms with Gasteiger partial charge in [0.2, 0.25) is 0 Å². The molecule has 7 heteroatoms. The Bertz CT molecular complexity index is 768. The zero-order valence-corrected chi connectivity index (χ0v) is 15.9. The van der Waals surface area contributed by atoms with Crippen molar-refractivity contribution < 1.29 is 9.53 Å². The van der Waals surface area contributed by atoms with E-state index in [1.165, 1.54) is 0 Å². The lowest BCUT2D eigenvalue weighted by atomic mass is 9.96. The molecule has 0 atom stereocenters. The molecule has 144 valence electrons. The van der Waals surface area contributed by atoms with Gasteiger partial charge < -0.3 is 19.1 Å². The van der Waals surface area contributed by atoms with Crippen LogP contribution in [0.15, 0.2) is 30.3 Å². The Labute approximate surface area is 159 Å². The highest BCUT2D eigenvalue weighted by atomic mass is 16.5. The van der Waals surface area contributed by atoms with Crippen molar-refractivity contribution in [2.45, 2.75) is 31.7 Å². The van der Waals surface area contributed by atoms with Crippen LogP contribution in [0, 0.1) is 0 Å². The number of para-hydroxylation sites is 1. The van der Waals surface area contributed by atoms with Crippen molar-refractivity contribution in [3.05, 3.63) is 42.0 Å². The minimum absolute atomic E-state index is 0.0263. The van der Waals surface area contributed by atoms with Gasteiger partial charge in [0.25, 0.3) is 5.91 Å². The number of nitrogens with zero attached hydrogens (tertiary/aromatic N) is 5. The van der Waals surface area contributed by atoms with E-state index >= 15 is 0 Å². The molecular weight excluding hydrogens is 342 g/mol. The van der Waals surface area contributed by atoms with Crippen LogP contribution in [0.25, 0.3) is 0 Å². The van der Waals surface area contributed by atoms with Crippen molar-refractivity contribution in [3.8, 4) is 5.75 Å². The number of fused-ring (bicyclic) bond motifs is 1. The van der Waals surface area contributed by atoms with E-state index in [-0.39, 0.29) is 12.5 Å². The molecule has 1 fully saturated rings. The molecule has 0 saturated carbocycles. The maximum Gasteiger partial charge on any atom is 0.260 e. The first-order valence-corrected chi connectivity index (χ1v) is 9.77. The smallest absolute Gasteiger partial charge is 0.260 e. The Balaban J connectivity index is 1.36. The second-order valence-electron chi connectivity index (χ2n) is 7.44. The second-order valence-corrected chi connectivity index (χ2v) is 7.44. The first kappa shape index (κ1) is 18.0. The lowest BCUT2D eigenvalue weighted by Gasteiger charge is -2.28. The van der Waals surface area contributed by atoms with E-state index < -0.39 is 0 Å². The fourth-order valence-electron chi connectivity index (χ4n) is 3.92. The van der Waals surface area contributed by atoms with Crippen molar-refractivity contribution in [2.75, 3.05) is 39.8 Å². The maximum atomic E-state index is 12.6. The molecule has 2 aromatic rings. The molecule has 1 amide bonds. The Hall–Kier alpha value is -2.41. The van der Waals surface area contributed by atoms with E-state index in [9.17, 15) is 4.79 Å². The van der Waals surface area contributed by atoms with Gasteiger partial charge in [0.1, 0.15) is 17.4 Å². The van der Waals surface area contributed by atoms with E-state index in [4.69, 9.17) is 4.74 Å². The van der Waals surface area contributed by atoms with Crippen LogP contribution in [0.5, 0.6) is 5.75 Å². The van der Waals surface area contributed by atoms with Gasteiger partial charge in [0.05, 0.1) is 0 Å². The summed E-state index contributed by atoms with van der Waals surface area (Å²) in [4.78, 5) is 16.8. The number of piperidine rings is 1. The van der Waals surface area contributed by atoms with E-state index in [1.807, 2.05) is 35.2 Å². The number of carbonyl (C=O) groups excluding carboxylic acids is 1. The van der Waals surface area contributed by atoms with Crippen LogP contribution in [0.2, 0.25) is 0 Å². The maximum absolute atomic E-state index is 12.6. The molecule has 0 N–H and O–H groups in total. The van der Waals surface area contributed by atoms with Gasteiger partial charge in [0, 0.05) is 32.0 Å². The van der Waals surface area contributed by atoms with Crippen LogP contribution in [-0.2, 0) is 17.8 Å². The molecule has 0 unspecified atom stereocenters. The Morgan fingerprint density at radius 2 is 1.85 bits per heavy atom. The van der Waals surface area contributed by atoms with Crippen molar-refractivity contribution in [1.82, 2.24) is 24.6 Å². The molecule has 3 heterocycles. The highest BCUT2D eigenvalue weighted by molar-refractivity contribution is 5.77. The first-order valence-electron chi connectivity index (χ1n) is 9.77. The van der Waals surface area contributed by atoms with Crippen molar-refractivity contribution >= 4 is 5.91 Å². The average Bonchev–Trinajstić information content (AvgIpc) is 2.98. The largest absolute Gasteiger partial charge is 0.484 e. The van der Waals surface area contributed by atoms with Gasteiger partial charge in [-0.15, -0.1) is 10.2 Å². The van der Waals surface area contributed by atoms with Crippen LogP contribution >= 0.6 is 0 Å². The lowest BCUT2D eigenvalue weighted by molar-refractivity contribution is -0.133. The Morgan fingerprint density at radius 3 is 2.63 bits per heavy atom. The number of hydrogen-bond donors (Lipinski definition) is 0. The highest BCUT2D eigenvalue weighted by Gasteiger charge is 2.27. The third kappa shape index (κ3) is 4.13. The summed E-state index contributed by atoms with van der Waals surface area (Å²) < 4.78 is 7.87. The number of hydrogen-bond acceptors (Lipinski definition) is 5. The standard InChI is InChI=1S/C20H27N5O2/c1-23-10-7-16(8-11-23)20-22-21-18-9-12-24(13-14-25(18)20)19(26)15-27-17-5-3-2-4-6-17/h2-6,16H,7-15H2,1H3. The minimum Gasteiger partial charge on any atom is -0.484 e. The van der Waals surface area contributed by atoms with Crippen LogP contribution < -0.4 is 4.74 Å². The minimum atomic E-state index is 0.0263. The number of benzene rings is 1. The predicted octanol–water partition coefficient (Wildman–Crippen LogP) is 1.55. The normalized spacial score (nSPS) is 18.8. The fourth-order valence-corrected chi connectivity index (χ4v) is 3.92. The Morgan fingerprint density at radius 1 is 1.07 bits per heavy atom. The summed E-state index contributed by atoms with van der Waals surface area (Å²) in [6.45, 7) is 4.40. The van der Waals surface area contributed by atoms with Gasteiger partial charge >= 0.3 is 0 Å². The summed E-state index contributed by atoms with van der Waals surface area (Å²) in [6, 6.07) is 9.47. The molecule has 7 nitrogen and oxygen atoms in total. The molecule has 27 heavy (non-hydrogen) atoms. The Kier molecular flexibility index (Phi) is 5.38. The third-order valence-corrected chi connectivity index (χ3v) is 5.60. The van der Waals surface area contributed by atoms with Gasteiger partial charge in [-0.3, -0.25) is 4.79 Å². The molecule has 0 bridgehead atoms. The summed E-state index contributed by atoms with van der Waals surface area (Å²) in [7, 11) is 2.17. The monoisotopic (exact) mass is 369 g/mol. The molecule has 4 rings (SSSR count). The molecule has 1 aromatic carbocycles. The number of carbonyl (C=O) groups is 1. The van der Waals surface area contributed by atoms with Crippen LogP contribution in [0.1, 0.15) is 30.4 Å². The molecule has 1 saturated heterocycles. The molecule has 1 aromatic heterocycles. The second kappa shape index (κ2) is 8.08. The SMILES string of the molecule is CN1CCC(c2nnc3n2CCN(C(=O)COc2ccccc2)CC3)CC1. The third-order valence-electron chi connectivity index (χ3n) is 5.60. The van der Waals surface area contributed by atoms with Gasteiger partial charge in [-0.1, -0.05) is 18.2 Å². The van der Waals surface area contributed by atoms with E-state index in [1.54, 1.807) is 0 Å². The molecule has 0 aliphatic carbocycles. The van der Waals surface area contributed by atoms with E-state index in [0.29, 0.717) is 19.0 Å². The van der Waals surface area contributed by atoms with Crippen LogP contribution in [0.3, 0.4) is 0 Å². The number of ether oxygens (including phenoxy) is 1. The number of likely N-dealkylation sites (tertiary alicyclic amines) is 1. The average molecular weight is 369 g/mol. The summed E-state index contributed by atoms with van der Waals surface area (Å²) in [5.41, 5.74) is 0.